The zero-order valence-corrected chi connectivity index (χ0v) is 23.9. The SMILES string of the molecule is CCCCCCCCCC1COC(c2ccc(-c3ccc(OCCCCC[C@@H](C)CC)cc3)cc2)OC1. The van der Waals surface area contributed by atoms with Crippen LogP contribution in [0, 0.1) is 11.8 Å². The Kier molecular flexibility index (Phi) is 14.2. The van der Waals surface area contributed by atoms with Crippen molar-refractivity contribution >= 4 is 0 Å². The van der Waals surface area contributed by atoms with Crippen LogP contribution < -0.4 is 4.74 Å². The molecule has 1 aliphatic heterocycles. The van der Waals surface area contributed by atoms with Gasteiger partial charge in [0.05, 0.1) is 19.8 Å². The van der Waals surface area contributed by atoms with Crippen LogP contribution in [0.4, 0.5) is 0 Å². The summed E-state index contributed by atoms with van der Waals surface area (Å²) in [5, 5.41) is 0. The first-order valence-corrected chi connectivity index (χ1v) is 15.3. The molecule has 0 unspecified atom stereocenters. The normalized spacial score (nSPS) is 18.6. The van der Waals surface area contributed by atoms with Gasteiger partial charge in [-0.3, -0.25) is 0 Å². The van der Waals surface area contributed by atoms with Crippen LogP contribution in [0.3, 0.4) is 0 Å². The summed E-state index contributed by atoms with van der Waals surface area (Å²) in [5.74, 6) is 2.34. The lowest BCUT2D eigenvalue weighted by Crippen LogP contribution is -2.27. The first-order valence-electron chi connectivity index (χ1n) is 15.3. The smallest absolute Gasteiger partial charge is 0.183 e. The van der Waals surface area contributed by atoms with Gasteiger partial charge >= 0.3 is 0 Å². The lowest BCUT2D eigenvalue weighted by molar-refractivity contribution is -0.206. The molecule has 1 aliphatic rings. The van der Waals surface area contributed by atoms with Gasteiger partial charge in [-0.2, -0.15) is 0 Å². The third kappa shape index (κ3) is 11.2. The number of unbranched alkanes of at least 4 members (excludes halogenated alkanes) is 8. The summed E-state index contributed by atoms with van der Waals surface area (Å²) in [4.78, 5) is 0. The highest BCUT2D eigenvalue weighted by Gasteiger charge is 2.23. The van der Waals surface area contributed by atoms with Crippen LogP contribution in [0.2, 0.25) is 0 Å². The maximum Gasteiger partial charge on any atom is 0.183 e. The van der Waals surface area contributed by atoms with Crippen LogP contribution in [-0.4, -0.2) is 19.8 Å². The second kappa shape index (κ2) is 17.6. The van der Waals surface area contributed by atoms with Gasteiger partial charge in [0.1, 0.15) is 5.75 Å². The Hall–Kier alpha value is -1.84. The first kappa shape index (κ1) is 29.7. The molecular formula is C34H52O3. The molecule has 0 aromatic heterocycles. The molecule has 3 nitrogen and oxygen atoms in total. The predicted octanol–water partition coefficient (Wildman–Crippen LogP) is 10.1. The molecule has 0 aliphatic carbocycles. The van der Waals surface area contributed by atoms with Crippen molar-refractivity contribution in [2.24, 2.45) is 11.8 Å². The van der Waals surface area contributed by atoms with Crippen LogP contribution in [0.5, 0.6) is 5.75 Å². The van der Waals surface area contributed by atoms with Crippen molar-refractivity contribution in [2.75, 3.05) is 19.8 Å². The van der Waals surface area contributed by atoms with Gasteiger partial charge in [-0.25, -0.2) is 0 Å². The molecule has 0 saturated carbocycles. The quantitative estimate of drug-likeness (QED) is 0.187. The van der Waals surface area contributed by atoms with E-state index in [0.717, 1.165) is 43.5 Å². The molecule has 0 N–H and O–H groups in total. The third-order valence-electron chi connectivity index (χ3n) is 7.86. The molecule has 0 radical (unpaired) electrons. The van der Waals surface area contributed by atoms with Crippen molar-refractivity contribution in [3.63, 3.8) is 0 Å². The van der Waals surface area contributed by atoms with Crippen molar-refractivity contribution < 1.29 is 14.2 Å². The zero-order chi connectivity index (χ0) is 26.1. The van der Waals surface area contributed by atoms with Gasteiger partial charge in [0, 0.05) is 11.5 Å². The lowest BCUT2D eigenvalue weighted by Gasteiger charge is -2.29. The van der Waals surface area contributed by atoms with Crippen LogP contribution >= 0.6 is 0 Å². The van der Waals surface area contributed by atoms with E-state index < -0.39 is 0 Å². The van der Waals surface area contributed by atoms with E-state index in [9.17, 15) is 0 Å². The van der Waals surface area contributed by atoms with Gasteiger partial charge < -0.3 is 14.2 Å². The Morgan fingerprint density at radius 3 is 1.97 bits per heavy atom. The van der Waals surface area contributed by atoms with E-state index in [0.29, 0.717) is 5.92 Å². The van der Waals surface area contributed by atoms with Gasteiger partial charge in [-0.1, -0.05) is 128 Å². The molecule has 2 aromatic carbocycles. The van der Waals surface area contributed by atoms with Crippen LogP contribution in [0.15, 0.2) is 48.5 Å². The van der Waals surface area contributed by atoms with Gasteiger partial charge in [0.25, 0.3) is 0 Å². The van der Waals surface area contributed by atoms with Gasteiger partial charge in [-0.15, -0.1) is 0 Å². The minimum atomic E-state index is -0.236. The lowest BCUT2D eigenvalue weighted by atomic mass is 10.00. The van der Waals surface area contributed by atoms with E-state index in [1.807, 2.05) is 0 Å². The van der Waals surface area contributed by atoms with Gasteiger partial charge in [-0.05, 0) is 42.0 Å². The van der Waals surface area contributed by atoms with Crippen molar-refractivity contribution in [3.05, 3.63) is 54.1 Å². The zero-order valence-electron chi connectivity index (χ0n) is 23.9. The molecule has 3 rings (SSSR count). The highest BCUT2D eigenvalue weighted by molar-refractivity contribution is 5.64. The number of rotatable bonds is 18. The monoisotopic (exact) mass is 508 g/mol. The molecule has 1 saturated heterocycles. The molecule has 206 valence electrons. The minimum Gasteiger partial charge on any atom is -0.494 e. The van der Waals surface area contributed by atoms with E-state index in [4.69, 9.17) is 14.2 Å². The summed E-state index contributed by atoms with van der Waals surface area (Å²) in [5.41, 5.74) is 3.51. The Balaban J connectivity index is 1.33. The van der Waals surface area contributed by atoms with Crippen molar-refractivity contribution in [1.29, 1.82) is 0 Å². The molecule has 37 heavy (non-hydrogen) atoms. The van der Waals surface area contributed by atoms with Crippen LogP contribution in [0.25, 0.3) is 11.1 Å². The predicted molar refractivity (Wildman–Crippen MR) is 156 cm³/mol. The number of hydrogen-bond acceptors (Lipinski definition) is 3. The Morgan fingerprint density at radius 1 is 0.730 bits per heavy atom. The summed E-state index contributed by atoms with van der Waals surface area (Å²) >= 11 is 0. The standard InChI is InChI=1S/C34H52O3/c1-4-6-7-8-9-10-13-16-29-26-36-34(37-27-29)32-19-17-30(18-20-32)31-21-23-33(24-22-31)35-25-14-11-12-15-28(3)5-2/h17-24,28-29,34H,4-16,25-27H2,1-3H3/t28-,29?,34?/m0/s1. The number of ether oxygens (including phenoxy) is 3. The van der Waals surface area contributed by atoms with E-state index >= 15 is 0 Å². The topological polar surface area (TPSA) is 27.7 Å². The fourth-order valence-electron chi connectivity index (χ4n) is 5.03. The second-order valence-corrected chi connectivity index (χ2v) is 11.1. The maximum absolute atomic E-state index is 6.09. The second-order valence-electron chi connectivity index (χ2n) is 11.1. The average molecular weight is 509 g/mol. The van der Waals surface area contributed by atoms with E-state index in [1.54, 1.807) is 0 Å². The Morgan fingerprint density at radius 2 is 1.32 bits per heavy atom. The maximum atomic E-state index is 6.09. The van der Waals surface area contributed by atoms with Crippen LogP contribution in [-0.2, 0) is 9.47 Å². The highest BCUT2D eigenvalue weighted by Crippen LogP contribution is 2.30. The highest BCUT2D eigenvalue weighted by atomic mass is 16.7. The molecular weight excluding hydrogens is 456 g/mol. The average Bonchev–Trinajstić information content (AvgIpc) is 2.95. The van der Waals surface area contributed by atoms with Crippen molar-refractivity contribution in [1.82, 2.24) is 0 Å². The molecule has 1 heterocycles. The summed E-state index contributed by atoms with van der Waals surface area (Å²) in [7, 11) is 0. The molecule has 0 spiro atoms. The van der Waals surface area contributed by atoms with E-state index in [-0.39, 0.29) is 6.29 Å². The summed E-state index contributed by atoms with van der Waals surface area (Å²) < 4.78 is 18.1. The Labute approximate surface area is 227 Å². The third-order valence-corrected chi connectivity index (χ3v) is 7.86. The molecule has 3 heteroatoms. The summed E-state index contributed by atoms with van der Waals surface area (Å²) in [6.07, 6.45) is 16.8. The van der Waals surface area contributed by atoms with E-state index in [2.05, 4.69) is 69.3 Å². The first-order chi connectivity index (χ1) is 18.2. The van der Waals surface area contributed by atoms with E-state index in [1.165, 1.54) is 88.2 Å². The van der Waals surface area contributed by atoms with Crippen molar-refractivity contribution in [2.45, 2.75) is 111 Å². The van der Waals surface area contributed by atoms with Crippen LogP contribution in [0.1, 0.15) is 116 Å². The fourth-order valence-corrected chi connectivity index (χ4v) is 5.03. The Bertz CT molecular complexity index is 821. The summed E-state index contributed by atoms with van der Waals surface area (Å²) in [6.45, 7) is 9.31. The molecule has 2 aromatic rings. The molecule has 1 atom stereocenters. The van der Waals surface area contributed by atoms with Gasteiger partial charge in [0.15, 0.2) is 6.29 Å². The molecule has 0 bridgehead atoms. The molecule has 0 amide bonds. The molecule has 1 fully saturated rings. The number of benzene rings is 2. The summed E-state index contributed by atoms with van der Waals surface area (Å²) in [6, 6.07) is 17.1. The number of hydrogen-bond donors (Lipinski definition) is 0. The largest absolute Gasteiger partial charge is 0.494 e. The van der Waals surface area contributed by atoms with Crippen molar-refractivity contribution in [3.8, 4) is 16.9 Å². The minimum absolute atomic E-state index is 0.236. The van der Waals surface area contributed by atoms with Gasteiger partial charge in [0.2, 0.25) is 0 Å². The fraction of sp³-hybridized carbons (Fsp3) is 0.647.